The molecule has 2 aromatic carbocycles. The van der Waals surface area contributed by atoms with Crippen LogP contribution in [0.25, 0.3) is 0 Å². The highest BCUT2D eigenvalue weighted by atomic mass is 35.5. The Kier molecular flexibility index (Phi) is 4.38. The Hall–Kier alpha value is -2.28. The lowest BCUT2D eigenvalue weighted by Crippen LogP contribution is -2.18. The first-order chi connectivity index (χ1) is 11.1. The monoisotopic (exact) mass is 341 g/mol. The van der Waals surface area contributed by atoms with Gasteiger partial charge in [-0.1, -0.05) is 41.4 Å². The molecule has 0 aliphatic carbocycles. The number of benzene rings is 2. The zero-order chi connectivity index (χ0) is 16.4. The Balaban J connectivity index is 2.27. The highest BCUT2D eigenvalue weighted by Crippen LogP contribution is 2.32. The number of halogens is 2. The summed E-state index contributed by atoms with van der Waals surface area (Å²) < 4.78 is 0. The lowest BCUT2D eigenvalue weighted by atomic mass is 10.00. The molecule has 0 unspecified atom stereocenters. The third-order valence-corrected chi connectivity index (χ3v) is 4.33. The van der Waals surface area contributed by atoms with Crippen LogP contribution in [-0.4, -0.2) is 19.3 Å². The van der Waals surface area contributed by atoms with Crippen molar-refractivity contribution in [2.75, 3.05) is 18.5 Å². The summed E-state index contributed by atoms with van der Waals surface area (Å²) in [6.45, 7) is 0.400. The molecule has 0 spiro atoms. The summed E-state index contributed by atoms with van der Waals surface area (Å²) in [5.74, 6) is 0. The minimum Gasteiger partial charge on any atom is -0.345 e. The van der Waals surface area contributed by atoms with Crippen molar-refractivity contribution in [1.82, 2.24) is 0 Å². The number of hydrogen-bond donors (Lipinski definition) is 0. The van der Waals surface area contributed by atoms with E-state index in [4.69, 9.17) is 33.5 Å². The van der Waals surface area contributed by atoms with E-state index in [-0.39, 0.29) is 0 Å². The Morgan fingerprint density at radius 1 is 1.17 bits per heavy atom. The first-order valence-electron chi connectivity index (χ1n) is 7.03. The molecule has 0 saturated heterocycles. The van der Waals surface area contributed by atoms with Crippen molar-refractivity contribution in [3.63, 3.8) is 0 Å². The molecule has 23 heavy (non-hydrogen) atoms. The van der Waals surface area contributed by atoms with Crippen LogP contribution in [0.1, 0.15) is 11.1 Å². The van der Waals surface area contributed by atoms with E-state index in [1.54, 1.807) is 0 Å². The molecule has 1 heterocycles. The number of anilines is 1. The molecule has 0 amide bonds. The number of hydrogen-bond acceptors (Lipinski definition) is 3. The summed E-state index contributed by atoms with van der Waals surface area (Å²) in [5.41, 5.74) is 4.28. The summed E-state index contributed by atoms with van der Waals surface area (Å²) in [5, 5.41) is 10.3. The number of fused-ring (bicyclic) bond motifs is 1. The van der Waals surface area contributed by atoms with Gasteiger partial charge in [-0.3, -0.25) is 4.99 Å². The topological polar surface area (TPSA) is 39.4 Å². The second kappa shape index (κ2) is 6.45. The van der Waals surface area contributed by atoms with E-state index >= 15 is 0 Å². The fraction of sp³-hybridized carbons (Fsp3) is 0.111. The molecule has 5 heteroatoms. The average Bonchev–Trinajstić information content (AvgIpc) is 2.67. The van der Waals surface area contributed by atoms with Crippen LogP contribution in [-0.2, 0) is 0 Å². The van der Waals surface area contributed by atoms with Gasteiger partial charge >= 0.3 is 0 Å². The zero-order valence-corrected chi connectivity index (χ0v) is 13.9. The van der Waals surface area contributed by atoms with Crippen molar-refractivity contribution in [2.24, 2.45) is 4.99 Å². The van der Waals surface area contributed by atoms with Gasteiger partial charge in [0.2, 0.25) is 0 Å². The number of aliphatic imine (C=N–C) groups is 1. The number of nitrogens with zero attached hydrogens (tertiary/aromatic N) is 3. The van der Waals surface area contributed by atoms with E-state index < -0.39 is 0 Å². The van der Waals surface area contributed by atoms with E-state index in [2.05, 4.69) is 6.07 Å². The second-order valence-electron chi connectivity index (χ2n) is 5.13. The molecular formula is C18H13Cl2N3. The number of benzodiazepines with no additional fused rings is 1. The molecule has 0 radical (unpaired) electrons. The molecule has 0 aromatic heterocycles. The van der Waals surface area contributed by atoms with Gasteiger partial charge in [-0.2, -0.15) is 5.26 Å². The van der Waals surface area contributed by atoms with Gasteiger partial charge in [-0.05, 0) is 24.3 Å². The minimum absolute atomic E-state index is 0.400. The Morgan fingerprint density at radius 2 is 1.96 bits per heavy atom. The van der Waals surface area contributed by atoms with Crippen molar-refractivity contribution >= 4 is 34.6 Å². The van der Waals surface area contributed by atoms with Crippen LogP contribution in [0.3, 0.4) is 0 Å². The first kappa shape index (κ1) is 15.6. The number of rotatable bonds is 1. The predicted octanol–water partition coefficient (Wildman–Crippen LogP) is 4.69. The minimum atomic E-state index is 0.400. The molecule has 3 nitrogen and oxygen atoms in total. The van der Waals surface area contributed by atoms with Gasteiger partial charge in [0.1, 0.15) is 0 Å². The summed E-state index contributed by atoms with van der Waals surface area (Å²) >= 11 is 12.6. The van der Waals surface area contributed by atoms with Gasteiger partial charge < -0.3 is 4.90 Å². The quantitative estimate of drug-likeness (QED) is 0.706. The standard InChI is InChI=1S/C18H13Cl2N3/c1-23-13(8-9-21)11-22-18(14-4-2-3-5-16(14)20)15-10-12(19)6-7-17(15)23/h2-8,10H,11H2,1H3. The van der Waals surface area contributed by atoms with Gasteiger partial charge in [0.25, 0.3) is 0 Å². The maximum Gasteiger partial charge on any atom is 0.0931 e. The van der Waals surface area contributed by atoms with Crippen LogP contribution < -0.4 is 4.90 Å². The molecule has 114 valence electrons. The van der Waals surface area contributed by atoms with E-state index in [0.717, 1.165) is 28.2 Å². The summed E-state index contributed by atoms with van der Waals surface area (Å²) in [7, 11) is 1.92. The molecule has 3 rings (SSSR count). The average molecular weight is 342 g/mol. The van der Waals surface area contributed by atoms with Crippen molar-refractivity contribution in [1.29, 1.82) is 5.26 Å². The molecule has 0 N–H and O–H groups in total. The Bertz CT molecular complexity index is 863. The fourth-order valence-electron chi connectivity index (χ4n) is 2.60. The van der Waals surface area contributed by atoms with Crippen molar-refractivity contribution in [3.8, 4) is 6.07 Å². The van der Waals surface area contributed by atoms with Crippen LogP contribution in [0.2, 0.25) is 10.0 Å². The second-order valence-corrected chi connectivity index (χ2v) is 5.97. The summed E-state index contributed by atoms with van der Waals surface area (Å²) in [6, 6.07) is 15.3. The Labute approximate surface area is 145 Å². The molecule has 1 aliphatic rings. The van der Waals surface area contributed by atoms with Crippen LogP contribution in [0.4, 0.5) is 5.69 Å². The number of likely N-dealkylation sites (N-methyl/N-ethyl adjacent to an activating group) is 1. The fourth-order valence-corrected chi connectivity index (χ4v) is 2.99. The van der Waals surface area contributed by atoms with Crippen LogP contribution in [0.15, 0.2) is 59.2 Å². The van der Waals surface area contributed by atoms with E-state index in [1.807, 2.05) is 54.4 Å². The third-order valence-electron chi connectivity index (χ3n) is 3.77. The highest BCUT2D eigenvalue weighted by molar-refractivity contribution is 6.36. The SMILES string of the molecule is CN1C(=CC#N)CN=C(c2ccccc2Cl)c2cc(Cl)ccc21. The maximum absolute atomic E-state index is 9.00. The predicted molar refractivity (Wildman–Crippen MR) is 95.5 cm³/mol. The molecule has 1 aliphatic heterocycles. The molecule has 0 bridgehead atoms. The van der Waals surface area contributed by atoms with Crippen molar-refractivity contribution in [2.45, 2.75) is 0 Å². The lowest BCUT2D eigenvalue weighted by molar-refractivity contribution is 1.02. The molecule has 0 atom stereocenters. The molecular weight excluding hydrogens is 329 g/mol. The van der Waals surface area contributed by atoms with Crippen LogP contribution in [0, 0.1) is 11.3 Å². The summed E-state index contributed by atoms with van der Waals surface area (Å²) in [6.07, 6.45) is 1.51. The smallest absolute Gasteiger partial charge is 0.0931 e. The van der Waals surface area contributed by atoms with Crippen LogP contribution in [0.5, 0.6) is 0 Å². The van der Waals surface area contributed by atoms with Crippen molar-refractivity contribution < 1.29 is 0 Å². The normalized spacial score (nSPS) is 15.7. The molecule has 2 aromatic rings. The van der Waals surface area contributed by atoms with Gasteiger partial charge in [0.15, 0.2) is 0 Å². The third kappa shape index (κ3) is 2.96. The maximum atomic E-state index is 9.00. The Morgan fingerprint density at radius 3 is 2.70 bits per heavy atom. The van der Waals surface area contributed by atoms with Crippen LogP contribution >= 0.6 is 23.2 Å². The lowest BCUT2D eigenvalue weighted by Gasteiger charge is -2.21. The highest BCUT2D eigenvalue weighted by Gasteiger charge is 2.22. The summed E-state index contributed by atoms with van der Waals surface area (Å²) in [4.78, 5) is 6.66. The van der Waals surface area contributed by atoms with Gasteiger partial charge in [-0.25, -0.2) is 0 Å². The van der Waals surface area contributed by atoms with Gasteiger partial charge in [0.05, 0.1) is 24.0 Å². The number of nitriles is 1. The molecule has 0 saturated carbocycles. The van der Waals surface area contributed by atoms with E-state index in [9.17, 15) is 0 Å². The largest absolute Gasteiger partial charge is 0.345 e. The van der Waals surface area contributed by atoms with Gasteiger partial charge in [-0.15, -0.1) is 0 Å². The van der Waals surface area contributed by atoms with Gasteiger partial charge in [0, 0.05) is 40.0 Å². The van der Waals surface area contributed by atoms with E-state index in [1.165, 1.54) is 6.08 Å². The zero-order valence-electron chi connectivity index (χ0n) is 12.4. The van der Waals surface area contributed by atoms with E-state index in [0.29, 0.717) is 16.6 Å². The molecule has 0 fully saturated rings. The number of allylic oxidation sites excluding steroid dienone is 1. The van der Waals surface area contributed by atoms with Crippen molar-refractivity contribution in [3.05, 3.63) is 75.4 Å². The first-order valence-corrected chi connectivity index (χ1v) is 7.79.